The molecule has 0 bridgehead atoms. The molecule has 0 fully saturated rings. The van der Waals surface area contributed by atoms with Crippen molar-refractivity contribution in [3.05, 3.63) is 23.9 Å². The number of rotatable bonds is 3. The number of carbonyl (C=O) groups excluding carboxylic acids is 1. The highest BCUT2D eigenvalue weighted by Crippen LogP contribution is 2.16. The molecule has 0 saturated carbocycles. The van der Waals surface area contributed by atoms with E-state index < -0.39 is 19.8 Å². The number of carbonyl (C=O) groups is 1. The summed E-state index contributed by atoms with van der Waals surface area (Å²) in [6, 6.07) is 3.94. The van der Waals surface area contributed by atoms with Gasteiger partial charge in [0.1, 0.15) is 19.2 Å². The molecule has 5 nitrogen and oxygen atoms in total. The summed E-state index contributed by atoms with van der Waals surface area (Å²) in [7, 11) is -1.49. The van der Waals surface area contributed by atoms with Gasteiger partial charge in [-0.25, -0.2) is 4.79 Å². The summed E-state index contributed by atoms with van der Waals surface area (Å²) in [4.78, 5) is 16.1. The second kappa shape index (κ2) is 5.76. The van der Waals surface area contributed by atoms with Crippen LogP contribution in [0.25, 0.3) is 11.1 Å². The van der Waals surface area contributed by atoms with Crippen LogP contribution in [0.5, 0.6) is 0 Å². The number of aromatic nitrogens is 1. The molecule has 6 heteroatoms. The van der Waals surface area contributed by atoms with E-state index in [1.54, 1.807) is 6.20 Å². The molecule has 2 rings (SSSR count). The second-order valence-corrected chi connectivity index (χ2v) is 12.4. The van der Waals surface area contributed by atoms with Gasteiger partial charge in [0.2, 0.25) is 0 Å². The van der Waals surface area contributed by atoms with Crippen molar-refractivity contribution in [3.63, 3.8) is 0 Å². The topological polar surface area (TPSA) is 64.4 Å². The van der Waals surface area contributed by atoms with E-state index in [-0.39, 0.29) is 0 Å². The van der Waals surface area contributed by atoms with Crippen molar-refractivity contribution in [3.8, 4) is 0 Å². The molecule has 0 radical (unpaired) electrons. The van der Waals surface area contributed by atoms with Crippen LogP contribution in [-0.4, -0.2) is 24.8 Å². The zero-order valence-electron chi connectivity index (χ0n) is 14.1. The molecular weight excluding hydrogens is 296 g/mol. The zero-order valence-corrected chi connectivity index (χ0v) is 15.1. The van der Waals surface area contributed by atoms with Crippen LogP contribution in [0, 0.1) is 0 Å². The van der Waals surface area contributed by atoms with E-state index in [2.05, 4.69) is 29.9 Å². The summed E-state index contributed by atoms with van der Waals surface area (Å²) in [5.74, 6) is 0. The maximum Gasteiger partial charge on any atom is 0.407 e. The predicted molar refractivity (Wildman–Crippen MR) is 90.1 cm³/mol. The predicted octanol–water partition coefficient (Wildman–Crippen LogP) is 3.40. The van der Waals surface area contributed by atoms with Gasteiger partial charge in [0, 0.05) is 18.8 Å². The zero-order chi connectivity index (χ0) is 16.5. The van der Waals surface area contributed by atoms with Gasteiger partial charge in [-0.1, -0.05) is 19.6 Å². The third-order valence-corrected chi connectivity index (χ3v) is 4.73. The Morgan fingerprint density at radius 3 is 2.59 bits per heavy atom. The molecule has 0 unspecified atom stereocenters. The lowest BCUT2D eigenvalue weighted by molar-refractivity contribution is 0.0523. The lowest BCUT2D eigenvalue weighted by Gasteiger charge is -2.19. The van der Waals surface area contributed by atoms with E-state index in [0.29, 0.717) is 6.54 Å². The van der Waals surface area contributed by atoms with Crippen LogP contribution in [0.1, 0.15) is 26.3 Å². The average Bonchev–Trinajstić information content (AvgIpc) is 2.77. The Morgan fingerprint density at radius 2 is 2.00 bits per heavy atom. The fraction of sp³-hybridized carbons (Fsp3) is 0.500. The van der Waals surface area contributed by atoms with E-state index in [1.807, 2.05) is 32.9 Å². The third kappa shape index (κ3) is 4.33. The Hall–Kier alpha value is -1.82. The van der Waals surface area contributed by atoms with Gasteiger partial charge in [-0.15, -0.1) is 0 Å². The first-order valence-electron chi connectivity index (χ1n) is 7.40. The number of hydrogen-bond donors (Lipinski definition) is 1. The molecule has 1 amide bonds. The number of pyridine rings is 1. The van der Waals surface area contributed by atoms with E-state index >= 15 is 0 Å². The number of alkyl carbamates (subject to hydrolysis) is 1. The Bertz CT molecular complexity index is 681. The summed E-state index contributed by atoms with van der Waals surface area (Å²) in [6.45, 7) is 12.6. The van der Waals surface area contributed by atoms with Crippen LogP contribution in [0.2, 0.25) is 19.6 Å². The highest BCUT2D eigenvalue weighted by molar-refractivity contribution is 6.87. The lowest BCUT2D eigenvalue weighted by Crippen LogP contribution is -2.36. The summed E-state index contributed by atoms with van der Waals surface area (Å²) < 4.78 is 11.1. The van der Waals surface area contributed by atoms with Gasteiger partial charge in [0.05, 0.1) is 5.38 Å². The Balaban J connectivity index is 2.08. The van der Waals surface area contributed by atoms with Crippen LogP contribution < -0.4 is 10.7 Å². The Labute approximate surface area is 132 Å². The van der Waals surface area contributed by atoms with Gasteiger partial charge < -0.3 is 14.5 Å². The molecule has 0 spiro atoms. The number of hydrogen-bond acceptors (Lipinski definition) is 4. The van der Waals surface area contributed by atoms with Crippen LogP contribution in [0.15, 0.2) is 22.7 Å². The van der Waals surface area contributed by atoms with Crippen LogP contribution >= 0.6 is 0 Å². The molecule has 2 heterocycles. The van der Waals surface area contributed by atoms with Crippen molar-refractivity contribution >= 4 is 30.7 Å². The molecular formula is C16H24N2O3Si. The number of nitrogens with one attached hydrogen (secondary N) is 1. The first-order valence-corrected chi connectivity index (χ1v) is 10.9. The SMILES string of the molecule is CC(C)(C)OC(=O)NCc1cnc2cc([Si](C)(C)C)oc2c1. The minimum Gasteiger partial charge on any atom is -0.465 e. The molecule has 0 aliphatic heterocycles. The highest BCUT2D eigenvalue weighted by atomic mass is 28.3. The first-order chi connectivity index (χ1) is 10.0. The number of amides is 1. The molecule has 2 aromatic heterocycles. The molecule has 1 N–H and O–H groups in total. The number of furan rings is 1. The monoisotopic (exact) mass is 320 g/mol. The fourth-order valence-corrected chi connectivity index (χ4v) is 2.90. The van der Waals surface area contributed by atoms with E-state index in [0.717, 1.165) is 22.0 Å². The molecule has 2 aromatic rings. The van der Waals surface area contributed by atoms with Crippen molar-refractivity contribution in [2.45, 2.75) is 52.6 Å². The van der Waals surface area contributed by atoms with Gasteiger partial charge >= 0.3 is 6.09 Å². The molecule has 0 aromatic carbocycles. The Morgan fingerprint density at radius 1 is 1.32 bits per heavy atom. The standard InChI is InChI=1S/C16H24N2O3Si/c1-16(2,3)21-15(19)18-10-11-7-13-12(17-9-11)8-14(20-13)22(4,5)6/h7-9H,10H2,1-6H3,(H,18,19). The maximum atomic E-state index is 11.7. The van der Waals surface area contributed by atoms with E-state index in [9.17, 15) is 4.79 Å². The largest absolute Gasteiger partial charge is 0.465 e. The number of fused-ring (bicyclic) bond motifs is 1. The maximum absolute atomic E-state index is 11.7. The van der Waals surface area contributed by atoms with Gasteiger partial charge in [-0.3, -0.25) is 4.98 Å². The van der Waals surface area contributed by atoms with Crippen LogP contribution in [0.3, 0.4) is 0 Å². The normalized spacial score (nSPS) is 12.5. The average molecular weight is 320 g/mol. The van der Waals surface area contributed by atoms with Crippen molar-refractivity contribution in [1.29, 1.82) is 0 Å². The molecule has 120 valence electrons. The van der Waals surface area contributed by atoms with Crippen molar-refractivity contribution in [2.24, 2.45) is 0 Å². The highest BCUT2D eigenvalue weighted by Gasteiger charge is 2.22. The van der Waals surface area contributed by atoms with Crippen LogP contribution in [-0.2, 0) is 11.3 Å². The third-order valence-electron chi connectivity index (χ3n) is 3.00. The Kier molecular flexibility index (Phi) is 4.33. The molecule has 0 aliphatic carbocycles. The van der Waals surface area contributed by atoms with Gasteiger partial charge in [-0.2, -0.15) is 0 Å². The molecule has 22 heavy (non-hydrogen) atoms. The summed E-state index contributed by atoms with van der Waals surface area (Å²) in [5, 5.41) is 3.76. The minimum absolute atomic E-state index is 0.362. The number of nitrogens with zero attached hydrogens (tertiary/aromatic N) is 1. The van der Waals surface area contributed by atoms with Crippen molar-refractivity contribution < 1.29 is 13.9 Å². The van der Waals surface area contributed by atoms with Crippen molar-refractivity contribution in [1.82, 2.24) is 10.3 Å². The summed E-state index contributed by atoms with van der Waals surface area (Å²) >= 11 is 0. The van der Waals surface area contributed by atoms with Gasteiger partial charge in [0.15, 0.2) is 5.58 Å². The summed E-state index contributed by atoms with van der Waals surface area (Å²) in [5.41, 5.74) is 2.01. The smallest absolute Gasteiger partial charge is 0.407 e. The quantitative estimate of drug-likeness (QED) is 0.880. The summed E-state index contributed by atoms with van der Waals surface area (Å²) in [6.07, 6.45) is 1.32. The van der Waals surface area contributed by atoms with Crippen LogP contribution in [0.4, 0.5) is 4.79 Å². The van der Waals surface area contributed by atoms with E-state index in [4.69, 9.17) is 9.15 Å². The molecule has 0 aliphatic rings. The lowest BCUT2D eigenvalue weighted by atomic mass is 10.2. The van der Waals surface area contributed by atoms with E-state index in [1.165, 1.54) is 0 Å². The number of ether oxygens (including phenoxy) is 1. The fourth-order valence-electron chi connectivity index (χ4n) is 1.91. The van der Waals surface area contributed by atoms with Gasteiger partial charge in [0.25, 0.3) is 0 Å². The molecule has 0 saturated heterocycles. The molecule has 0 atom stereocenters. The van der Waals surface area contributed by atoms with Gasteiger partial charge in [-0.05, 0) is 32.4 Å². The second-order valence-electron chi connectivity index (χ2n) is 7.44. The van der Waals surface area contributed by atoms with Crippen molar-refractivity contribution in [2.75, 3.05) is 0 Å². The minimum atomic E-state index is -1.49. The first kappa shape index (κ1) is 16.5.